The van der Waals surface area contributed by atoms with Crippen molar-refractivity contribution in [2.75, 3.05) is 0 Å². The average Bonchev–Trinajstić information content (AvgIpc) is 3.27. The molecule has 1 aliphatic rings. The van der Waals surface area contributed by atoms with Crippen LogP contribution in [-0.2, 0) is 16.2 Å². The first-order valence-corrected chi connectivity index (χ1v) is 14.3. The summed E-state index contributed by atoms with van der Waals surface area (Å²) < 4.78 is 6.70. The molecule has 0 radical (unpaired) electrons. The van der Waals surface area contributed by atoms with E-state index in [2.05, 4.69) is 115 Å². The second-order valence-corrected chi connectivity index (χ2v) is 14.0. The number of nitrogens with zero attached hydrogens (tertiary/aromatic N) is 1. The van der Waals surface area contributed by atoms with Crippen molar-refractivity contribution < 1.29 is 4.42 Å². The van der Waals surface area contributed by atoms with E-state index in [0.29, 0.717) is 0 Å². The van der Waals surface area contributed by atoms with Crippen LogP contribution in [0.25, 0.3) is 54.7 Å². The second kappa shape index (κ2) is 7.94. The molecule has 0 atom stereocenters. The predicted molar refractivity (Wildman–Crippen MR) is 166 cm³/mol. The van der Waals surface area contributed by atoms with Crippen molar-refractivity contribution in [3.8, 4) is 11.3 Å². The fourth-order valence-electron chi connectivity index (χ4n) is 6.85. The summed E-state index contributed by atoms with van der Waals surface area (Å²) >= 11 is 0. The van der Waals surface area contributed by atoms with Gasteiger partial charge in [0.2, 0.25) is 0 Å². The minimum absolute atomic E-state index is 0.0207. The molecule has 2 aromatic heterocycles. The molecule has 2 heteroatoms. The lowest BCUT2D eigenvalue weighted by molar-refractivity contribution is 0.332. The number of rotatable bonds is 1. The molecule has 0 unspecified atom stereocenters. The van der Waals surface area contributed by atoms with E-state index >= 15 is 0 Å². The molecule has 0 fully saturated rings. The zero-order chi connectivity index (χ0) is 27.3. The third-order valence-electron chi connectivity index (χ3n) is 9.29. The normalized spacial score (nSPS) is 16.8. The molecule has 4 aromatic carbocycles. The smallest absolute Gasteiger partial charge is 0.143 e. The first-order chi connectivity index (χ1) is 18.4. The van der Waals surface area contributed by atoms with E-state index in [4.69, 9.17) is 9.40 Å². The lowest BCUT2D eigenvalue weighted by atomic mass is 9.63. The fraction of sp³-hybridized carbons (Fsp3) is 0.324. The molecule has 196 valence electrons. The Kier molecular flexibility index (Phi) is 4.97. The Bertz CT molecular complexity index is 1940. The van der Waals surface area contributed by atoms with Crippen LogP contribution < -0.4 is 0 Å². The minimum atomic E-state index is 0.0207. The van der Waals surface area contributed by atoms with Crippen LogP contribution in [0.2, 0.25) is 0 Å². The molecule has 0 saturated carbocycles. The summed E-state index contributed by atoms with van der Waals surface area (Å²) in [6.45, 7) is 16.4. The molecule has 39 heavy (non-hydrogen) atoms. The number of fused-ring (bicyclic) bond motifs is 7. The van der Waals surface area contributed by atoms with Crippen LogP contribution in [0, 0.1) is 0 Å². The number of benzene rings is 4. The van der Waals surface area contributed by atoms with Crippen LogP contribution in [0.1, 0.15) is 78.0 Å². The van der Waals surface area contributed by atoms with E-state index in [1.54, 1.807) is 0 Å². The van der Waals surface area contributed by atoms with Gasteiger partial charge in [0.15, 0.2) is 0 Å². The Morgan fingerprint density at radius 2 is 1.36 bits per heavy atom. The Hall–Kier alpha value is -3.65. The zero-order valence-electron chi connectivity index (χ0n) is 24.2. The van der Waals surface area contributed by atoms with Gasteiger partial charge in [-0.05, 0) is 92.9 Å². The maximum Gasteiger partial charge on any atom is 0.143 e. The van der Waals surface area contributed by atoms with Crippen molar-refractivity contribution in [3.63, 3.8) is 0 Å². The largest absolute Gasteiger partial charge is 0.455 e. The van der Waals surface area contributed by atoms with Gasteiger partial charge < -0.3 is 4.42 Å². The summed E-state index contributed by atoms with van der Waals surface area (Å²) in [6.07, 6.45) is 4.33. The monoisotopic (exact) mass is 511 g/mol. The van der Waals surface area contributed by atoms with Gasteiger partial charge >= 0.3 is 0 Å². The third-order valence-corrected chi connectivity index (χ3v) is 9.29. The molecule has 0 amide bonds. The van der Waals surface area contributed by atoms with E-state index in [1.807, 2.05) is 6.20 Å². The highest BCUT2D eigenvalue weighted by Crippen LogP contribution is 2.49. The Labute approximate surface area is 231 Å². The van der Waals surface area contributed by atoms with Gasteiger partial charge in [-0.15, -0.1) is 0 Å². The first kappa shape index (κ1) is 24.4. The number of aromatic nitrogens is 1. The quantitative estimate of drug-likeness (QED) is 0.219. The van der Waals surface area contributed by atoms with Crippen LogP contribution in [0.5, 0.6) is 0 Å². The summed E-state index contributed by atoms with van der Waals surface area (Å²) in [5, 5.41) is 7.21. The summed E-state index contributed by atoms with van der Waals surface area (Å²) in [5.74, 6) is 0. The highest BCUT2D eigenvalue weighted by Gasteiger charge is 2.37. The van der Waals surface area contributed by atoms with Gasteiger partial charge in [0.1, 0.15) is 11.2 Å². The summed E-state index contributed by atoms with van der Waals surface area (Å²) in [5.41, 5.74) is 8.68. The van der Waals surface area contributed by atoms with Crippen molar-refractivity contribution in [1.29, 1.82) is 0 Å². The van der Waals surface area contributed by atoms with E-state index in [1.165, 1.54) is 51.1 Å². The molecule has 0 N–H and O–H groups in total. The first-order valence-electron chi connectivity index (χ1n) is 14.3. The molecule has 2 heterocycles. The molecule has 0 spiro atoms. The molecule has 6 aromatic rings. The fourth-order valence-corrected chi connectivity index (χ4v) is 6.85. The highest BCUT2D eigenvalue weighted by molar-refractivity contribution is 6.17. The van der Waals surface area contributed by atoms with E-state index in [9.17, 15) is 0 Å². The minimum Gasteiger partial charge on any atom is -0.455 e. The van der Waals surface area contributed by atoms with Crippen LogP contribution in [-0.4, -0.2) is 4.98 Å². The maximum absolute atomic E-state index is 6.70. The van der Waals surface area contributed by atoms with Gasteiger partial charge in [-0.3, -0.25) is 4.98 Å². The Balaban J connectivity index is 1.50. The van der Waals surface area contributed by atoms with Gasteiger partial charge in [0.25, 0.3) is 0 Å². The van der Waals surface area contributed by atoms with Crippen molar-refractivity contribution >= 4 is 43.5 Å². The summed E-state index contributed by atoms with van der Waals surface area (Å²) in [6, 6.07) is 24.7. The van der Waals surface area contributed by atoms with E-state index < -0.39 is 0 Å². The van der Waals surface area contributed by atoms with E-state index in [0.717, 1.165) is 33.2 Å². The van der Waals surface area contributed by atoms with Crippen molar-refractivity contribution in [2.45, 2.75) is 77.6 Å². The third kappa shape index (κ3) is 3.64. The SMILES string of the molecule is CC(C)(C)c1cc(-c2nccc3c2ccc2c4cc5c(cc4oc32)C(C)(C)CCC5(C)C)cc2ccccc12. The van der Waals surface area contributed by atoms with Crippen LogP contribution in [0.3, 0.4) is 0 Å². The predicted octanol–water partition coefficient (Wildman–Crippen LogP) is 10.6. The van der Waals surface area contributed by atoms with Gasteiger partial charge in [-0.25, -0.2) is 0 Å². The van der Waals surface area contributed by atoms with Crippen molar-refractivity contribution in [1.82, 2.24) is 4.98 Å². The topological polar surface area (TPSA) is 26.0 Å². The van der Waals surface area contributed by atoms with Crippen molar-refractivity contribution in [3.05, 3.63) is 89.6 Å². The lowest BCUT2D eigenvalue weighted by Crippen LogP contribution is -2.33. The van der Waals surface area contributed by atoms with Crippen molar-refractivity contribution in [2.24, 2.45) is 0 Å². The molecular weight excluding hydrogens is 474 g/mol. The maximum atomic E-state index is 6.70. The molecule has 1 aliphatic carbocycles. The molecular formula is C37H37NO. The Morgan fingerprint density at radius 1 is 0.692 bits per heavy atom. The lowest BCUT2D eigenvalue weighted by Gasteiger charge is -2.41. The van der Waals surface area contributed by atoms with Gasteiger partial charge in [-0.2, -0.15) is 0 Å². The standard InChI is InChI=1S/C37H37NO/c1-35(2,3)29-19-23(18-22-10-8-9-11-24(22)29)33-25-12-13-26-28-20-30-31(37(6,7)16-15-36(30,4)5)21-32(28)39-34(26)27(25)14-17-38-33/h8-14,17-21H,15-16H2,1-7H3. The van der Waals surface area contributed by atoms with E-state index in [-0.39, 0.29) is 16.2 Å². The van der Waals surface area contributed by atoms with Crippen LogP contribution in [0.15, 0.2) is 77.3 Å². The summed E-state index contributed by atoms with van der Waals surface area (Å²) in [4.78, 5) is 4.93. The second-order valence-electron chi connectivity index (χ2n) is 14.0. The number of hydrogen-bond acceptors (Lipinski definition) is 2. The molecule has 7 rings (SSSR count). The highest BCUT2D eigenvalue weighted by atomic mass is 16.3. The molecule has 0 saturated heterocycles. The van der Waals surface area contributed by atoms with Crippen LogP contribution >= 0.6 is 0 Å². The van der Waals surface area contributed by atoms with Gasteiger partial charge in [0, 0.05) is 33.3 Å². The average molecular weight is 512 g/mol. The molecule has 2 nitrogen and oxygen atoms in total. The number of hydrogen-bond donors (Lipinski definition) is 0. The zero-order valence-corrected chi connectivity index (χ0v) is 24.2. The van der Waals surface area contributed by atoms with Gasteiger partial charge in [-0.1, -0.05) is 78.8 Å². The molecule has 0 bridgehead atoms. The summed E-state index contributed by atoms with van der Waals surface area (Å²) in [7, 11) is 0. The molecule has 0 aliphatic heterocycles. The van der Waals surface area contributed by atoms with Crippen LogP contribution in [0.4, 0.5) is 0 Å². The Morgan fingerprint density at radius 3 is 2.10 bits per heavy atom. The number of pyridine rings is 1. The van der Waals surface area contributed by atoms with Gasteiger partial charge in [0.05, 0.1) is 5.69 Å². The number of furan rings is 1.